The molecule has 0 atom stereocenters. The number of piperidine rings is 1. The molecule has 1 spiro atoms. The molecule has 4 rings (SSSR count). The van der Waals surface area contributed by atoms with Crippen molar-refractivity contribution in [2.75, 3.05) is 26.2 Å². The van der Waals surface area contributed by atoms with Crippen molar-refractivity contribution in [1.29, 1.82) is 0 Å². The molecule has 1 aromatic rings. The van der Waals surface area contributed by atoms with Gasteiger partial charge in [0.2, 0.25) is 5.91 Å². The smallest absolute Gasteiger partial charge is 0.325 e. The molecule has 174 valence electrons. The highest BCUT2D eigenvalue weighted by Gasteiger charge is 2.52. The number of para-hydroxylation sites is 2. The van der Waals surface area contributed by atoms with Crippen LogP contribution < -0.4 is 14.8 Å². The van der Waals surface area contributed by atoms with Gasteiger partial charge in [0.15, 0.2) is 11.5 Å². The van der Waals surface area contributed by atoms with Gasteiger partial charge in [-0.25, -0.2) is 4.79 Å². The standard InChI is InChI=1S/C24H33N3O5/c1-3-31-19-6-4-5-7-20(19)32-18-10-14-26(15-11-18)21(28)16-27-22(29)24(25-23(27)30)12-8-17(2)9-13-24/h4-7,17-18H,3,8-16H2,1-2H3,(H,25,30). The monoisotopic (exact) mass is 443 g/mol. The first-order chi connectivity index (χ1) is 15.4. The average Bonchev–Trinajstić information content (AvgIpc) is 3.02. The molecule has 0 unspecified atom stereocenters. The number of urea groups is 1. The first-order valence-corrected chi connectivity index (χ1v) is 11.7. The first kappa shape index (κ1) is 22.4. The molecule has 4 amide bonds. The van der Waals surface area contributed by atoms with Gasteiger partial charge in [-0.3, -0.25) is 14.5 Å². The van der Waals surface area contributed by atoms with Gasteiger partial charge in [0.25, 0.3) is 5.91 Å². The van der Waals surface area contributed by atoms with E-state index < -0.39 is 11.6 Å². The second-order valence-electron chi connectivity index (χ2n) is 9.16. The average molecular weight is 444 g/mol. The molecule has 1 saturated carbocycles. The van der Waals surface area contributed by atoms with Gasteiger partial charge in [0.05, 0.1) is 6.61 Å². The molecule has 32 heavy (non-hydrogen) atoms. The summed E-state index contributed by atoms with van der Waals surface area (Å²) in [7, 11) is 0. The van der Waals surface area contributed by atoms with Crippen molar-refractivity contribution in [3.63, 3.8) is 0 Å². The van der Waals surface area contributed by atoms with Crippen LogP contribution in [-0.4, -0.2) is 65.5 Å². The fraction of sp³-hybridized carbons (Fsp3) is 0.625. The molecule has 3 aliphatic rings. The van der Waals surface area contributed by atoms with Gasteiger partial charge in [0.1, 0.15) is 18.2 Å². The van der Waals surface area contributed by atoms with Gasteiger partial charge in [0, 0.05) is 25.9 Å². The zero-order valence-electron chi connectivity index (χ0n) is 19.0. The number of nitrogens with zero attached hydrogens (tertiary/aromatic N) is 2. The zero-order chi connectivity index (χ0) is 22.7. The first-order valence-electron chi connectivity index (χ1n) is 11.7. The molecular weight excluding hydrogens is 410 g/mol. The second-order valence-corrected chi connectivity index (χ2v) is 9.16. The van der Waals surface area contributed by atoms with E-state index in [1.54, 1.807) is 4.90 Å². The highest BCUT2D eigenvalue weighted by molar-refractivity contribution is 6.09. The summed E-state index contributed by atoms with van der Waals surface area (Å²) in [6, 6.07) is 7.15. The maximum Gasteiger partial charge on any atom is 0.325 e. The van der Waals surface area contributed by atoms with Crippen molar-refractivity contribution in [2.45, 2.75) is 64.0 Å². The van der Waals surface area contributed by atoms with E-state index in [-0.39, 0.29) is 24.5 Å². The molecule has 2 saturated heterocycles. The Bertz CT molecular complexity index is 857. The molecule has 0 radical (unpaired) electrons. The SMILES string of the molecule is CCOc1ccccc1OC1CCN(C(=O)CN2C(=O)NC3(CCC(C)CC3)C2=O)CC1. The van der Waals surface area contributed by atoms with Crippen molar-refractivity contribution in [2.24, 2.45) is 5.92 Å². The van der Waals surface area contributed by atoms with Crippen molar-refractivity contribution in [1.82, 2.24) is 15.1 Å². The molecule has 1 aliphatic carbocycles. The molecule has 0 bridgehead atoms. The Morgan fingerprint density at radius 1 is 1.09 bits per heavy atom. The van der Waals surface area contributed by atoms with E-state index in [0.29, 0.717) is 57.0 Å². The van der Waals surface area contributed by atoms with Gasteiger partial charge >= 0.3 is 6.03 Å². The number of rotatable bonds is 6. The van der Waals surface area contributed by atoms with Gasteiger partial charge in [-0.2, -0.15) is 0 Å². The topological polar surface area (TPSA) is 88.2 Å². The van der Waals surface area contributed by atoms with Gasteiger partial charge in [-0.05, 0) is 50.7 Å². The molecule has 8 nitrogen and oxygen atoms in total. The van der Waals surface area contributed by atoms with Crippen molar-refractivity contribution >= 4 is 17.8 Å². The van der Waals surface area contributed by atoms with Crippen LogP contribution in [0.25, 0.3) is 0 Å². The summed E-state index contributed by atoms with van der Waals surface area (Å²) in [4.78, 5) is 41.2. The molecular formula is C24H33N3O5. The highest BCUT2D eigenvalue weighted by atomic mass is 16.5. The molecule has 8 heteroatoms. The number of carbonyl (C=O) groups excluding carboxylic acids is 3. The minimum atomic E-state index is -0.807. The number of hydrogen-bond acceptors (Lipinski definition) is 5. The summed E-state index contributed by atoms with van der Waals surface area (Å²) in [5, 5.41) is 2.88. The molecule has 1 N–H and O–H groups in total. The Labute approximate surface area is 189 Å². The lowest BCUT2D eigenvalue weighted by Gasteiger charge is -2.34. The molecule has 0 aromatic heterocycles. The number of hydrogen-bond donors (Lipinski definition) is 1. The van der Waals surface area contributed by atoms with Crippen LogP contribution in [-0.2, 0) is 9.59 Å². The summed E-state index contributed by atoms with van der Waals surface area (Å²) in [5.41, 5.74) is -0.807. The maximum atomic E-state index is 13.0. The summed E-state index contributed by atoms with van der Waals surface area (Å²) >= 11 is 0. The van der Waals surface area contributed by atoms with E-state index in [9.17, 15) is 14.4 Å². The Kier molecular flexibility index (Phi) is 6.58. The quantitative estimate of drug-likeness (QED) is 0.683. The van der Waals surface area contributed by atoms with E-state index in [2.05, 4.69) is 12.2 Å². The fourth-order valence-electron chi connectivity index (χ4n) is 4.87. The predicted octanol–water partition coefficient (Wildman–Crippen LogP) is 2.96. The number of ether oxygens (including phenoxy) is 2. The zero-order valence-corrected chi connectivity index (χ0v) is 19.0. The normalized spacial score (nSPS) is 26.4. The van der Waals surface area contributed by atoms with E-state index >= 15 is 0 Å². The Morgan fingerprint density at radius 3 is 2.41 bits per heavy atom. The van der Waals surface area contributed by atoms with E-state index in [4.69, 9.17) is 9.47 Å². The van der Waals surface area contributed by atoms with Crippen molar-refractivity contribution < 1.29 is 23.9 Å². The largest absolute Gasteiger partial charge is 0.490 e. The lowest BCUT2D eigenvalue weighted by Crippen LogP contribution is -2.50. The van der Waals surface area contributed by atoms with Crippen LogP contribution in [0.5, 0.6) is 11.5 Å². The van der Waals surface area contributed by atoms with Crippen LogP contribution in [0.1, 0.15) is 52.4 Å². The Balaban J connectivity index is 1.30. The number of carbonyl (C=O) groups is 3. The Morgan fingerprint density at radius 2 is 1.75 bits per heavy atom. The maximum absolute atomic E-state index is 13.0. The Hall–Kier alpha value is -2.77. The third kappa shape index (κ3) is 4.54. The van der Waals surface area contributed by atoms with Crippen LogP contribution in [0.4, 0.5) is 4.79 Å². The third-order valence-electron chi connectivity index (χ3n) is 6.90. The number of amides is 4. The number of likely N-dealkylation sites (tertiary alicyclic amines) is 1. The van der Waals surface area contributed by atoms with Gasteiger partial charge < -0.3 is 19.7 Å². The molecule has 1 aromatic carbocycles. The fourth-order valence-corrected chi connectivity index (χ4v) is 4.87. The number of nitrogens with one attached hydrogen (secondary N) is 1. The summed E-state index contributed by atoms with van der Waals surface area (Å²) in [6.45, 7) is 5.54. The van der Waals surface area contributed by atoms with Crippen LogP contribution in [0, 0.1) is 5.92 Å². The highest BCUT2D eigenvalue weighted by Crippen LogP contribution is 2.36. The van der Waals surface area contributed by atoms with E-state index in [1.165, 1.54) is 0 Å². The number of imide groups is 1. The summed E-state index contributed by atoms with van der Waals surface area (Å²) in [6.07, 6.45) is 4.49. The van der Waals surface area contributed by atoms with Crippen LogP contribution in [0.3, 0.4) is 0 Å². The summed E-state index contributed by atoms with van der Waals surface area (Å²) in [5.74, 6) is 1.56. The van der Waals surface area contributed by atoms with E-state index in [0.717, 1.165) is 23.5 Å². The van der Waals surface area contributed by atoms with Crippen LogP contribution in [0.15, 0.2) is 24.3 Å². The molecule has 3 fully saturated rings. The lowest BCUT2D eigenvalue weighted by atomic mass is 9.77. The lowest BCUT2D eigenvalue weighted by molar-refractivity contribution is -0.140. The van der Waals surface area contributed by atoms with Crippen LogP contribution in [0.2, 0.25) is 0 Å². The van der Waals surface area contributed by atoms with Crippen molar-refractivity contribution in [3.05, 3.63) is 24.3 Å². The van der Waals surface area contributed by atoms with Crippen LogP contribution >= 0.6 is 0 Å². The number of benzene rings is 1. The minimum Gasteiger partial charge on any atom is -0.490 e. The summed E-state index contributed by atoms with van der Waals surface area (Å²) < 4.78 is 11.7. The predicted molar refractivity (Wildman–Crippen MR) is 118 cm³/mol. The third-order valence-corrected chi connectivity index (χ3v) is 6.90. The second kappa shape index (κ2) is 9.38. The van der Waals surface area contributed by atoms with Crippen molar-refractivity contribution in [3.8, 4) is 11.5 Å². The van der Waals surface area contributed by atoms with Gasteiger partial charge in [-0.1, -0.05) is 19.1 Å². The van der Waals surface area contributed by atoms with Gasteiger partial charge in [-0.15, -0.1) is 0 Å². The molecule has 2 heterocycles. The molecule has 2 aliphatic heterocycles. The minimum absolute atomic E-state index is 0.00938. The van der Waals surface area contributed by atoms with E-state index in [1.807, 2.05) is 31.2 Å².